The minimum Gasteiger partial charge on any atom is -0.497 e. The van der Waals surface area contributed by atoms with Crippen molar-refractivity contribution in [3.8, 4) is 5.75 Å². The van der Waals surface area contributed by atoms with E-state index in [4.69, 9.17) is 10.5 Å². The van der Waals surface area contributed by atoms with Crippen LogP contribution in [0.1, 0.15) is 11.6 Å². The number of ether oxygens (including phenoxy) is 1. The molecule has 0 radical (unpaired) electrons. The molecule has 16 heavy (non-hydrogen) atoms. The molecule has 0 saturated heterocycles. The van der Waals surface area contributed by atoms with Crippen molar-refractivity contribution in [2.45, 2.75) is 18.4 Å². The summed E-state index contributed by atoms with van der Waals surface area (Å²) in [5.74, 6) is -3.80. The second-order valence-electron chi connectivity index (χ2n) is 3.23. The molecule has 0 amide bonds. The van der Waals surface area contributed by atoms with E-state index in [-0.39, 0.29) is 5.56 Å². The van der Waals surface area contributed by atoms with Gasteiger partial charge < -0.3 is 10.5 Å². The molecule has 0 aliphatic rings. The van der Waals surface area contributed by atoms with Gasteiger partial charge in [-0.3, -0.25) is 0 Å². The standard InChI is InChI=1S/C10H11F4NO/c1-16-7-4-2-6(3-5-7)8(15)10(13,14)9(11)12/h2-5,8-9H,15H2,1H3. The molecule has 0 heterocycles. The zero-order chi connectivity index (χ0) is 12.3. The molecular formula is C10H11F4NO. The van der Waals surface area contributed by atoms with E-state index < -0.39 is 18.4 Å². The van der Waals surface area contributed by atoms with Crippen molar-refractivity contribution in [2.75, 3.05) is 7.11 Å². The summed E-state index contributed by atoms with van der Waals surface area (Å²) in [4.78, 5) is 0. The van der Waals surface area contributed by atoms with Crippen molar-refractivity contribution in [3.63, 3.8) is 0 Å². The van der Waals surface area contributed by atoms with E-state index in [0.717, 1.165) is 0 Å². The summed E-state index contributed by atoms with van der Waals surface area (Å²) < 4.78 is 54.7. The van der Waals surface area contributed by atoms with Gasteiger partial charge in [-0.25, -0.2) is 8.78 Å². The fourth-order valence-corrected chi connectivity index (χ4v) is 1.17. The van der Waals surface area contributed by atoms with Gasteiger partial charge in [0.1, 0.15) is 11.8 Å². The number of hydrogen-bond acceptors (Lipinski definition) is 2. The summed E-state index contributed by atoms with van der Waals surface area (Å²) in [6.07, 6.45) is -3.79. The third-order valence-electron chi connectivity index (χ3n) is 2.18. The first kappa shape index (κ1) is 12.8. The van der Waals surface area contributed by atoms with Crippen LogP contribution >= 0.6 is 0 Å². The lowest BCUT2D eigenvalue weighted by Gasteiger charge is -2.22. The van der Waals surface area contributed by atoms with Crippen molar-refractivity contribution < 1.29 is 22.3 Å². The van der Waals surface area contributed by atoms with Crippen molar-refractivity contribution in [1.29, 1.82) is 0 Å². The maximum Gasteiger partial charge on any atom is 0.326 e. The molecule has 1 unspecified atom stereocenters. The van der Waals surface area contributed by atoms with Gasteiger partial charge in [0.2, 0.25) is 0 Å². The predicted molar refractivity (Wildman–Crippen MR) is 50.9 cm³/mol. The molecular weight excluding hydrogens is 226 g/mol. The quantitative estimate of drug-likeness (QED) is 0.817. The van der Waals surface area contributed by atoms with Crippen LogP contribution in [0.15, 0.2) is 24.3 Å². The maximum absolute atomic E-state index is 12.9. The Kier molecular flexibility index (Phi) is 3.74. The number of methoxy groups -OCH3 is 1. The molecule has 6 heteroatoms. The van der Waals surface area contributed by atoms with Gasteiger partial charge in [-0.05, 0) is 17.7 Å². The van der Waals surface area contributed by atoms with Gasteiger partial charge in [-0.1, -0.05) is 12.1 Å². The molecule has 0 saturated carbocycles. The van der Waals surface area contributed by atoms with E-state index in [1.54, 1.807) is 0 Å². The highest BCUT2D eigenvalue weighted by atomic mass is 19.3. The molecule has 0 aromatic heterocycles. The molecule has 0 aliphatic carbocycles. The number of alkyl halides is 4. The van der Waals surface area contributed by atoms with E-state index in [1.807, 2.05) is 0 Å². The van der Waals surface area contributed by atoms with Crippen LogP contribution in [0, 0.1) is 0 Å². The van der Waals surface area contributed by atoms with E-state index in [9.17, 15) is 17.6 Å². The van der Waals surface area contributed by atoms with Gasteiger partial charge in [0.15, 0.2) is 0 Å². The maximum atomic E-state index is 12.9. The molecule has 0 bridgehead atoms. The minimum atomic E-state index is -4.24. The van der Waals surface area contributed by atoms with Crippen LogP contribution in [0.2, 0.25) is 0 Å². The zero-order valence-corrected chi connectivity index (χ0v) is 8.46. The predicted octanol–water partition coefficient (Wildman–Crippen LogP) is 2.60. The lowest BCUT2D eigenvalue weighted by atomic mass is 10.0. The first-order valence-electron chi connectivity index (χ1n) is 4.45. The molecule has 2 nitrogen and oxygen atoms in total. The van der Waals surface area contributed by atoms with Gasteiger partial charge >= 0.3 is 12.3 Å². The molecule has 1 rings (SSSR count). The van der Waals surface area contributed by atoms with Crippen LogP contribution in [-0.4, -0.2) is 19.5 Å². The van der Waals surface area contributed by atoms with Crippen LogP contribution in [-0.2, 0) is 0 Å². The number of benzene rings is 1. The summed E-state index contributed by atoms with van der Waals surface area (Å²) in [5.41, 5.74) is 5.03. The van der Waals surface area contributed by atoms with Gasteiger partial charge in [-0.2, -0.15) is 8.78 Å². The normalized spacial score (nSPS) is 13.9. The highest BCUT2D eigenvalue weighted by Crippen LogP contribution is 2.35. The molecule has 2 N–H and O–H groups in total. The Labute approximate surface area is 90.0 Å². The smallest absolute Gasteiger partial charge is 0.326 e. The van der Waals surface area contributed by atoms with Gasteiger partial charge in [0.05, 0.1) is 7.11 Å². The Bertz CT molecular complexity index is 339. The van der Waals surface area contributed by atoms with E-state index in [1.165, 1.54) is 31.4 Å². The van der Waals surface area contributed by atoms with Gasteiger partial charge in [0.25, 0.3) is 0 Å². The van der Waals surface area contributed by atoms with Crippen molar-refractivity contribution >= 4 is 0 Å². The van der Waals surface area contributed by atoms with Crippen LogP contribution in [0.25, 0.3) is 0 Å². The molecule has 0 aliphatic heterocycles. The molecule has 0 spiro atoms. The van der Waals surface area contributed by atoms with Crippen LogP contribution < -0.4 is 10.5 Å². The fourth-order valence-electron chi connectivity index (χ4n) is 1.17. The average molecular weight is 237 g/mol. The topological polar surface area (TPSA) is 35.2 Å². The number of hydrogen-bond donors (Lipinski definition) is 1. The molecule has 0 fully saturated rings. The minimum absolute atomic E-state index is 0.0638. The summed E-state index contributed by atoms with van der Waals surface area (Å²) in [6, 6.07) is 3.21. The van der Waals surface area contributed by atoms with Crippen LogP contribution in [0.3, 0.4) is 0 Å². The number of halogens is 4. The van der Waals surface area contributed by atoms with Crippen molar-refractivity contribution in [1.82, 2.24) is 0 Å². The lowest BCUT2D eigenvalue weighted by molar-refractivity contribution is -0.144. The first-order valence-corrected chi connectivity index (χ1v) is 4.45. The molecule has 1 aromatic rings. The molecule has 1 aromatic carbocycles. The van der Waals surface area contributed by atoms with Crippen molar-refractivity contribution in [2.24, 2.45) is 5.73 Å². The second-order valence-corrected chi connectivity index (χ2v) is 3.23. The highest BCUT2D eigenvalue weighted by Gasteiger charge is 2.47. The van der Waals surface area contributed by atoms with Crippen LogP contribution in [0.4, 0.5) is 17.6 Å². The Balaban J connectivity index is 2.91. The average Bonchev–Trinajstić information content (AvgIpc) is 2.28. The van der Waals surface area contributed by atoms with Crippen molar-refractivity contribution in [3.05, 3.63) is 29.8 Å². The van der Waals surface area contributed by atoms with E-state index in [2.05, 4.69) is 0 Å². The van der Waals surface area contributed by atoms with Gasteiger partial charge in [0, 0.05) is 0 Å². The monoisotopic (exact) mass is 237 g/mol. The SMILES string of the molecule is COc1ccc(C(N)C(F)(F)C(F)F)cc1. The lowest BCUT2D eigenvalue weighted by Crippen LogP contribution is -2.39. The Morgan fingerprint density at radius 1 is 1.19 bits per heavy atom. The Morgan fingerprint density at radius 3 is 2.06 bits per heavy atom. The molecule has 1 atom stereocenters. The van der Waals surface area contributed by atoms with E-state index >= 15 is 0 Å². The van der Waals surface area contributed by atoms with E-state index in [0.29, 0.717) is 5.75 Å². The third kappa shape index (κ3) is 2.44. The summed E-state index contributed by atoms with van der Waals surface area (Å²) in [5, 5.41) is 0. The number of nitrogens with two attached hydrogens (primary N) is 1. The van der Waals surface area contributed by atoms with Gasteiger partial charge in [-0.15, -0.1) is 0 Å². The van der Waals surface area contributed by atoms with Crippen LogP contribution in [0.5, 0.6) is 5.75 Å². The summed E-state index contributed by atoms with van der Waals surface area (Å²) >= 11 is 0. The Morgan fingerprint density at radius 2 is 1.69 bits per heavy atom. The summed E-state index contributed by atoms with van der Waals surface area (Å²) in [7, 11) is 1.41. The fraction of sp³-hybridized carbons (Fsp3) is 0.400. The zero-order valence-electron chi connectivity index (χ0n) is 8.46. The number of rotatable bonds is 4. The largest absolute Gasteiger partial charge is 0.497 e. The third-order valence-corrected chi connectivity index (χ3v) is 2.18. The Hall–Kier alpha value is -1.30. The molecule has 90 valence electrons. The first-order chi connectivity index (χ1) is 7.39. The summed E-state index contributed by atoms with van der Waals surface area (Å²) in [6.45, 7) is 0. The highest BCUT2D eigenvalue weighted by molar-refractivity contribution is 5.30. The second kappa shape index (κ2) is 4.69.